The van der Waals surface area contributed by atoms with Crippen LogP contribution in [0.15, 0.2) is 0 Å². The summed E-state index contributed by atoms with van der Waals surface area (Å²) in [4.78, 5) is 0. The van der Waals surface area contributed by atoms with E-state index >= 15 is 0 Å². The van der Waals surface area contributed by atoms with Crippen molar-refractivity contribution < 1.29 is 15.7 Å². The summed E-state index contributed by atoms with van der Waals surface area (Å²) in [6, 6.07) is 1.75. The average molecular weight is 164 g/mol. The van der Waals surface area contributed by atoms with Crippen LogP contribution in [0.4, 0.5) is 0 Å². The minimum absolute atomic E-state index is 0. The summed E-state index contributed by atoms with van der Waals surface area (Å²) in [5, 5.41) is 26.4. The highest BCUT2D eigenvalue weighted by molar-refractivity contribution is 4.51. The number of hydrogen-bond donors (Lipinski definition) is 3. The molecule has 0 bridgehead atoms. The van der Waals surface area contributed by atoms with Crippen LogP contribution in [0.1, 0.15) is 6.92 Å². The third kappa shape index (κ3) is 45.2. The van der Waals surface area contributed by atoms with Gasteiger partial charge >= 0.3 is 0 Å². The molecular weight excluding hydrogens is 148 g/mol. The molecule has 0 saturated heterocycles. The minimum atomic E-state index is 0. The summed E-state index contributed by atoms with van der Waals surface area (Å²) in [5.74, 6) is 0. The zero-order valence-electron chi connectivity index (χ0n) is 6.67. The Morgan fingerprint density at radius 3 is 1.73 bits per heavy atom. The number of nitriles is 1. The maximum absolute atomic E-state index is 8.15. The summed E-state index contributed by atoms with van der Waals surface area (Å²) in [6.07, 6.45) is 0. The van der Waals surface area contributed by atoms with Crippen LogP contribution < -0.4 is 5.32 Å². The molecule has 0 atom stereocenters. The van der Waals surface area contributed by atoms with E-state index in [-0.39, 0.29) is 18.7 Å². The molecule has 0 aromatic heterocycles. The van der Waals surface area contributed by atoms with Crippen molar-refractivity contribution >= 4 is 0 Å². The first kappa shape index (κ1) is 16.7. The molecule has 0 aliphatic carbocycles. The van der Waals surface area contributed by atoms with Gasteiger partial charge in [-0.15, -0.1) is 0 Å². The maximum Gasteiger partial charge on any atom is 0.0587 e. The molecule has 0 spiro atoms. The first-order chi connectivity index (χ1) is 4.83. The van der Waals surface area contributed by atoms with E-state index in [0.29, 0.717) is 13.1 Å². The van der Waals surface area contributed by atoms with Gasteiger partial charge in [-0.05, 0) is 0 Å². The Hall–Kier alpha value is -0.670. The van der Waals surface area contributed by atoms with E-state index in [1.807, 2.05) is 0 Å². The molecule has 0 aromatic rings. The predicted molar refractivity (Wildman–Crippen MR) is 41.9 cm³/mol. The van der Waals surface area contributed by atoms with Crippen LogP contribution >= 0.6 is 0 Å². The molecule has 0 aromatic carbocycles. The van der Waals surface area contributed by atoms with E-state index in [2.05, 4.69) is 5.32 Å². The Bertz CT molecular complexity index is 78.4. The molecule has 0 fully saturated rings. The van der Waals surface area contributed by atoms with Gasteiger partial charge in [-0.1, -0.05) is 0 Å². The monoisotopic (exact) mass is 164 g/mol. The minimum Gasteiger partial charge on any atom is -0.412 e. The van der Waals surface area contributed by atoms with Crippen LogP contribution in [0.5, 0.6) is 0 Å². The number of nitrogens with zero attached hydrogens (tertiary/aromatic N) is 1. The summed E-state index contributed by atoms with van der Waals surface area (Å²) in [6.45, 7) is 2.85. The molecule has 0 aliphatic rings. The first-order valence-corrected chi connectivity index (χ1v) is 3.06. The lowest BCUT2D eigenvalue weighted by Crippen LogP contribution is -2.21. The third-order valence-electron chi connectivity index (χ3n) is 0.577. The van der Waals surface area contributed by atoms with Gasteiger partial charge in [0.25, 0.3) is 0 Å². The topological polar surface area (TPSA) is 108 Å². The highest BCUT2D eigenvalue weighted by Crippen LogP contribution is 1.54. The highest BCUT2D eigenvalue weighted by atomic mass is 16.3. The fourth-order valence-electron chi connectivity index (χ4n) is 0.283. The predicted octanol–water partition coefficient (Wildman–Crippen LogP) is -1.73. The van der Waals surface area contributed by atoms with Gasteiger partial charge in [0.1, 0.15) is 0 Å². The lowest BCUT2D eigenvalue weighted by Gasteiger charge is -1.94. The second-order valence-corrected chi connectivity index (χ2v) is 1.42. The highest BCUT2D eigenvalue weighted by Gasteiger charge is 1.78. The van der Waals surface area contributed by atoms with Crippen molar-refractivity contribution in [2.45, 2.75) is 6.92 Å². The van der Waals surface area contributed by atoms with E-state index in [1.54, 1.807) is 6.07 Å². The van der Waals surface area contributed by atoms with Crippen LogP contribution in [0, 0.1) is 11.3 Å². The van der Waals surface area contributed by atoms with Crippen LogP contribution in [-0.2, 0) is 0 Å². The summed E-state index contributed by atoms with van der Waals surface area (Å²) in [5.41, 5.74) is 0. The molecule has 11 heavy (non-hydrogen) atoms. The van der Waals surface area contributed by atoms with E-state index < -0.39 is 0 Å². The van der Waals surface area contributed by atoms with Crippen LogP contribution in [0.25, 0.3) is 0 Å². The van der Waals surface area contributed by atoms with Gasteiger partial charge in [0.2, 0.25) is 0 Å². The van der Waals surface area contributed by atoms with Gasteiger partial charge in [0.15, 0.2) is 0 Å². The largest absolute Gasteiger partial charge is 0.412 e. The molecule has 0 saturated carbocycles. The van der Waals surface area contributed by atoms with Gasteiger partial charge in [0.05, 0.1) is 19.3 Å². The SMILES string of the molecule is CC#N.O.OCCNCCO. The van der Waals surface area contributed by atoms with E-state index in [1.165, 1.54) is 6.92 Å². The Kier molecular flexibility index (Phi) is 34.7. The van der Waals surface area contributed by atoms with E-state index in [4.69, 9.17) is 15.5 Å². The van der Waals surface area contributed by atoms with E-state index in [9.17, 15) is 0 Å². The number of hydrogen-bond acceptors (Lipinski definition) is 4. The molecule has 0 rings (SSSR count). The molecule has 5 N–H and O–H groups in total. The van der Waals surface area contributed by atoms with E-state index in [0.717, 1.165) is 0 Å². The molecule has 5 nitrogen and oxygen atoms in total. The first-order valence-electron chi connectivity index (χ1n) is 3.06. The smallest absolute Gasteiger partial charge is 0.0587 e. The molecule has 0 unspecified atom stereocenters. The molecule has 0 heterocycles. The zero-order chi connectivity index (χ0) is 8.24. The maximum atomic E-state index is 8.15. The molecule has 0 radical (unpaired) electrons. The van der Waals surface area contributed by atoms with Gasteiger partial charge in [-0.2, -0.15) is 5.26 Å². The fraction of sp³-hybridized carbons (Fsp3) is 0.833. The van der Waals surface area contributed by atoms with Crippen LogP contribution in [0.3, 0.4) is 0 Å². The second-order valence-electron chi connectivity index (χ2n) is 1.42. The normalized spacial score (nSPS) is 6.73. The van der Waals surface area contributed by atoms with Crippen molar-refractivity contribution in [3.63, 3.8) is 0 Å². The molecule has 5 heteroatoms. The van der Waals surface area contributed by atoms with Gasteiger partial charge in [0, 0.05) is 20.0 Å². The number of nitrogens with one attached hydrogen (secondary N) is 1. The second kappa shape index (κ2) is 22.8. The van der Waals surface area contributed by atoms with Crippen LogP contribution in [-0.4, -0.2) is 42.0 Å². The number of aliphatic hydroxyl groups excluding tert-OH is 2. The number of aliphatic hydroxyl groups is 2. The van der Waals surface area contributed by atoms with Crippen molar-refractivity contribution in [3.8, 4) is 6.07 Å². The van der Waals surface area contributed by atoms with Crippen molar-refractivity contribution in [1.29, 1.82) is 5.26 Å². The Morgan fingerprint density at radius 2 is 1.55 bits per heavy atom. The molecular formula is C6H16N2O3. The zero-order valence-corrected chi connectivity index (χ0v) is 6.67. The summed E-state index contributed by atoms with van der Waals surface area (Å²) >= 11 is 0. The molecule has 0 amide bonds. The van der Waals surface area contributed by atoms with Crippen molar-refractivity contribution in [2.75, 3.05) is 26.3 Å². The van der Waals surface area contributed by atoms with Gasteiger partial charge in [-0.3, -0.25) is 0 Å². The van der Waals surface area contributed by atoms with Crippen molar-refractivity contribution in [3.05, 3.63) is 0 Å². The Labute approximate surface area is 66.6 Å². The van der Waals surface area contributed by atoms with Crippen LogP contribution in [0.2, 0.25) is 0 Å². The molecule has 0 aliphatic heterocycles. The van der Waals surface area contributed by atoms with Gasteiger partial charge in [-0.25, -0.2) is 0 Å². The van der Waals surface area contributed by atoms with Crippen molar-refractivity contribution in [2.24, 2.45) is 0 Å². The summed E-state index contributed by atoms with van der Waals surface area (Å²) < 4.78 is 0. The lowest BCUT2D eigenvalue weighted by molar-refractivity contribution is 0.267. The number of rotatable bonds is 4. The van der Waals surface area contributed by atoms with Gasteiger partial charge < -0.3 is 21.0 Å². The lowest BCUT2D eigenvalue weighted by atomic mass is 10.6. The van der Waals surface area contributed by atoms with Crippen molar-refractivity contribution in [1.82, 2.24) is 5.32 Å². The molecule has 68 valence electrons. The standard InChI is InChI=1S/C4H11NO2.C2H3N.H2O/c6-3-1-5-2-4-7;1-2-3;/h5-7H,1-4H2;1H3;1H2. The fourth-order valence-corrected chi connectivity index (χ4v) is 0.283. The quantitative estimate of drug-likeness (QED) is 0.429. The Morgan fingerprint density at radius 1 is 1.27 bits per heavy atom. The Balaban J connectivity index is -0.000000140. The average Bonchev–Trinajstić information content (AvgIpc) is 1.91. The summed E-state index contributed by atoms with van der Waals surface area (Å²) in [7, 11) is 0. The third-order valence-corrected chi connectivity index (χ3v) is 0.577.